The van der Waals surface area contributed by atoms with Gasteiger partial charge < -0.3 is 10.4 Å². The molecular formula is C14H16FNO4S. The molecule has 114 valence electrons. The van der Waals surface area contributed by atoms with Crippen molar-refractivity contribution in [2.45, 2.75) is 36.6 Å². The first kappa shape index (κ1) is 15.6. The van der Waals surface area contributed by atoms with Crippen molar-refractivity contribution in [3.05, 3.63) is 29.6 Å². The third kappa shape index (κ3) is 4.10. The van der Waals surface area contributed by atoms with Crippen LogP contribution in [0.1, 0.15) is 36.0 Å². The van der Waals surface area contributed by atoms with Gasteiger partial charge in [-0.15, -0.1) is 0 Å². The van der Waals surface area contributed by atoms with Gasteiger partial charge in [0.1, 0.15) is 11.6 Å². The van der Waals surface area contributed by atoms with Crippen molar-refractivity contribution in [2.75, 3.05) is 5.75 Å². The second kappa shape index (κ2) is 6.80. The normalized spacial score (nSPS) is 16.6. The van der Waals surface area contributed by atoms with Crippen LogP contribution in [0, 0.1) is 5.82 Å². The smallest absolute Gasteiger partial charge is 0.335 e. The van der Waals surface area contributed by atoms with Crippen LogP contribution in [-0.4, -0.2) is 33.0 Å². The van der Waals surface area contributed by atoms with E-state index in [-0.39, 0.29) is 22.3 Å². The Hall–Kier alpha value is -1.76. The lowest BCUT2D eigenvalue weighted by molar-refractivity contribution is -0.119. The number of nitrogens with one attached hydrogen (secondary N) is 1. The predicted octanol–water partition coefficient (Wildman–Crippen LogP) is 1.69. The van der Waals surface area contributed by atoms with E-state index in [0.29, 0.717) is 0 Å². The number of carbonyl (C=O) groups excluding carboxylic acids is 1. The van der Waals surface area contributed by atoms with Crippen molar-refractivity contribution >= 4 is 22.7 Å². The topological polar surface area (TPSA) is 83.5 Å². The summed E-state index contributed by atoms with van der Waals surface area (Å²) < 4.78 is 25.7. The highest BCUT2D eigenvalue weighted by atomic mass is 32.2. The van der Waals surface area contributed by atoms with E-state index >= 15 is 0 Å². The summed E-state index contributed by atoms with van der Waals surface area (Å²) in [6.07, 6.45) is 3.93. The molecule has 1 aromatic carbocycles. The summed E-state index contributed by atoms with van der Waals surface area (Å²) in [6.45, 7) is 0. The second-order valence-electron chi connectivity index (χ2n) is 4.99. The lowest BCUT2D eigenvalue weighted by Crippen LogP contribution is -2.35. The molecular weight excluding hydrogens is 297 g/mol. The Morgan fingerprint density at radius 3 is 2.62 bits per heavy atom. The minimum Gasteiger partial charge on any atom is -0.478 e. The zero-order valence-corrected chi connectivity index (χ0v) is 12.1. The predicted molar refractivity (Wildman–Crippen MR) is 75.0 cm³/mol. The number of carbonyl (C=O) groups is 2. The van der Waals surface area contributed by atoms with Crippen LogP contribution in [0.15, 0.2) is 23.1 Å². The summed E-state index contributed by atoms with van der Waals surface area (Å²) in [5.74, 6) is -2.77. The Kier molecular flexibility index (Phi) is 5.06. The van der Waals surface area contributed by atoms with Crippen LogP contribution in [0.4, 0.5) is 4.39 Å². The summed E-state index contributed by atoms with van der Waals surface area (Å²) in [5.41, 5.74) is -0.157. The van der Waals surface area contributed by atoms with Gasteiger partial charge in [-0.25, -0.2) is 9.18 Å². The van der Waals surface area contributed by atoms with E-state index in [1.807, 2.05) is 0 Å². The molecule has 1 amide bonds. The van der Waals surface area contributed by atoms with Crippen LogP contribution >= 0.6 is 0 Å². The molecule has 1 unspecified atom stereocenters. The van der Waals surface area contributed by atoms with Gasteiger partial charge in [0.25, 0.3) is 0 Å². The summed E-state index contributed by atoms with van der Waals surface area (Å²) in [7, 11) is -1.90. The molecule has 5 nitrogen and oxygen atoms in total. The first-order valence-corrected chi connectivity index (χ1v) is 8.00. The molecule has 1 fully saturated rings. The Balaban J connectivity index is 2.03. The fourth-order valence-corrected chi connectivity index (χ4v) is 3.37. The number of carboxylic acids is 1. The van der Waals surface area contributed by atoms with Crippen molar-refractivity contribution in [3.63, 3.8) is 0 Å². The Labute approximate surface area is 124 Å². The molecule has 0 spiro atoms. The van der Waals surface area contributed by atoms with Crippen LogP contribution in [-0.2, 0) is 15.6 Å². The van der Waals surface area contributed by atoms with E-state index in [2.05, 4.69) is 5.32 Å². The number of rotatable bonds is 5. The van der Waals surface area contributed by atoms with Crippen LogP contribution in [0.5, 0.6) is 0 Å². The number of amides is 1. The highest BCUT2D eigenvalue weighted by Gasteiger charge is 2.20. The maximum absolute atomic E-state index is 13.6. The van der Waals surface area contributed by atoms with Gasteiger partial charge in [0, 0.05) is 6.04 Å². The minimum absolute atomic E-state index is 0.102. The lowest BCUT2D eigenvalue weighted by Gasteiger charge is -2.11. The average molecular weight is 313 g/mol. The number of benzene rings is 1. The summed E-state index contributed by atoms with van der Waals surface area (Å²) >= 11 is 0. The van der Waals surface area contributed by atoms with Crippen molar-refractivity contribution in [3.8, 4) is 0 Å². The van der Waals surface area contributed by atoms with Gasteiger partial charge in [-0.1, -0.05) is 12.8 Å². The molecule has 0 radical (unpaired) electrons. The van der Waals surface area contributed by atoms with E-state index in [9.17, 15) is 18.2 Å². The van der Waals surface area contributed by atoms with E-state index < -0.39 is 28.5 Å². The first-order valence-electron chi connectivity index (χ1n) is 6.68. The van der Waals surface area contributed by atoms with E-state index in [1.54, 1.807) is 0 Å². The SMILES string of the molecule is O=C(CS(=O)c1cc(C(=O)O)ccc1F)NC1CCCC1. The zero-order chi connectivity index (χ0) is 15.4. The van der Waals surface area contributed by atoms with Gasteiger partial charge in [0.15, 0.2) is 0 Å². The van der Waals surface area contributed by atoms with E-state index in [4.69, 9.17) is 5.11 Å². The zero-order valence-electron chi connectivity index (χ0n) is 11.3. The van der Waals surface area contributed by atoms with Crippen molar-refractivity contribution in [2.24, 2.45) is 0 Å². The molecule has 1 aliphatic carbocycles. The Bertz CT molecular complexity index is 584. The number of hydrogen-bond acceptors (Lipinski definition) is 3. The quantitative estimate of drug-likeness (QED) is 0.866. The molecule has 1 aliphatic rings. The molecule has 0 bridgehead atoms. The summed E-state index contributed by atoms with van der Waals surface area (Å²) in [6, 6.07) is 3.16. The Morgan fingerprint density at radius 1 is 1.33 bits per heavy atom. The third-order valence-corrected chi connectivity index (χ3v) is 4.73. The summed E-state index contributed by atoms with van der Waals surface area (Å²) in [5, 5.41) is 11.6. The molecule has 2 rings (SSSR count). The number of halogens is 1. The monoisotopic (exact) mass is 313 g/mol. The molecule has 1 saturated carbocycles. The highest BCUT2D eigenvalue weighted by Crippen LogP contribution is 2.18. The van der Waals surface area contributed by atoms with E-state index in [1.165, 1.54) is 0 Å². The van der Waals surface area contributed by atoms with Gasteiger partial charge in [-0.2, -0.15) is 0 Å². The number of carboxylic acid groups (broad SMARTS) is 1. The fourth-order valence-electron chi connectivity index (χ4n) is 2.35. The molecule has 0 aliphatic heterocycles. The van der Waals surface area contributed by atoms with Gasteiger partial charge in [-0.05, 0) is 31.0 Å². The third-order valence-electron chi connectivity index (χ3n) is 3.41. The average Bonchev–Trinajstić information content (AvgIpc) is 2.91. The maximum atomic E-state index is 13.6. The standard InChI is InChI=1S/C14H16FNO4S/c15-11-6-5-9(14(18)19)7-12(11)21(20)8-13(17)16-10-3-1-2-4-10/h5-7,10H,1-4,8H2,(H,16,17)(H,18,19). The van der Waals surface area contributed by atoms with Gasteiger partial charge in [0.2, 0.25) is 5.91 Å². The molecule has 0 saturated heterocycles. The minimum atomic E-state index is -1.90. The molecule has 1 aromatic rings. The number of hydrogen-bond donors (Lipinski definition) is 2. The van der Waals surface area contributed by atoms with Gasteiger partial charge in [-0.3, -0.25) is 9.00 Å². The molecule has 7 heteroatoms. The number of aromatic carboxylic acids is 1. The van der Waals surface area contributed by atoms with E-state index in [0.717, 1.165) is 43.9 Å². The van der Waals surface area contributed by atoms with Crippen LogP contribution in [0.25, 0.3) is 0 Å². The fraction of sp³-hybridized carbons (Fsp3) is 0.429. The van der Waals surface area contributed by atoms with Crippen LogP contribution in [0.3, 0.4) is 0 Å². The van der Waals surface area contributed by atoms with Crippen LogP contribution in [0.2, 0.25) is 0 Å². The highest BCUT2D eigenvalue weighted by molar-refractivity contribution is 7.85. The molecule has 21 heavy (non-hydrogen) atoms. The largest absolute Gasteiger partial charge is 0.478 e. The van der Waals surface area contributed by atoms with Gasteiger partial charge >= 0.3 is 5.97 Å². The molecule has 1 atom stereocenters. The van der Waals surface area contributed by atoms with Gasteiger partial charge in [0.05, 0.1) is 21.3 Å². The van der Waals surface area contributed by atoms with Crippen molar-refractivity contribution in [1.29, 1.82) is 0 Å². The maximum Gasteiger partial charge on any atom is 0.335 e. The second-order valence-corrected chi connectivity index (χ2v) is 6.41. The lowest BCUT2D eigenvalue weighted by atomic mass is 10.2. The molecule has 0 aromatic heterocycles. The Morgan fingerprint density at radius 2 is 2.00 bits per heavy atom. The first-order chi connectivity index (χ1) is 9.97. The summed E-state index contributed by atoms with van der Waals surface area (Å²) in [4.78, 5) is 22.4. The molecule has 2 N–H and O–H groups in total. The van der Waals surface area contributed by atoms with Crippen molar-refractivity contribution in [1.82, 2.24) is 5.32 Å². The van der Waals surface area contributed by atoms with Crippen LogP contribution < -0.4 is 5.32 Å². The van der Waals surface area contributed by atoms with Crippen molar-refractivity contribution < 1.29 is 23.3 Å². The molecule has 0 heterocycles.